The Labute approximate surface area is 177 Å². The molecule has 1 fully saturated rings. The molecule has 2 aromatic carbocycles. The summed E-state index contributed by atoms with van der Waals surface area (Å²) in [6, 6.07) is 18.5. The highest BCUT2D eigenvalue weighted by atomic mass is 16.1. The summed E-state index contributed by atoms with van der Waals surface area (Å²) in [5.41, 5.74) is 6.70. The Morgan fingerprint density at radius 1 is 0.833 bits per heavy atom. The van der Waals surface area contributed by atoms with Crippen molar-refractivity contribution in [3.8, 4) is 0 Å². The van der Waals surface area contributed by atoms with Gasteiger partial charge in [0.25, 0.3) is 0 Å². The molecular weight excluding hydrogens is 370 g/mol. The summed E-state index contributed by atoms with van der Waals surface area (Å²) < 4.78 is 0. The zero-order chi connectivity index (χ0) is 20.6. The molecule has 0 spiro atoms. The molecule has 2 aromatic rings. The first-order valence-electron chi connectivity index (χ1n) is 10.9. The number of hydrogen-bond donors (Lipinski definition) is 0. The minimum absolute atomic E-state index is 0.0650. The summed E-state index contributed by atoms with van der Waals surface area (Å²) >= 11 is 0. The van der Waals surface area contributed by atoms with Gasteiger partial charge in [-0.25, -0.2) is 0 Å². The van der Waals surface area contributed by atoms with Crippen LogP contribution in [-0.2, 0) is 4.79 Å². The molecule has 3 aliphatic carbocycles. The van der Waals surface area contributed by atoms with E-state index in [4.69, 9.17) is 0 Å². The molecule has 1 unspecified atom stereocenters. The van der Waals surface area contributed by atoms with Gasteiger partial charge >= 0.3 is 0 Å². The molecule has 0 radical (unpaired) electrons. The average Bonchev–Trinajstić information content (AvgIpc) is 3.52. The number of carbonyl (C=O) groups is 2. The standard InChI is InChI=1S/C27H25NO2/c1-27(2)14-20-23(21(29)15-27)22(16-8-4-3-5-9-16)24-25(28(20)17-12-13-17)18-10-6-7-11-19(18)26(24)30/h3-11,17,22H,12-15H2,1-2H3. The second-order valence-corrected chi connectivity index (χ2v) is 9.88. The van der Waals surface area contributed by atoms with Crippen molar-refractivity contribution >= 4 is 17.3 Å². The van der Waals surface area contributed by atoms with Crippen molar-refractivity contribution in [2.24, 2.45) is 5.41 Å². The van der Waals surface area contributed by atoms with Gasteiger partial charge in [0.15, 0.2) is 11.6 Å². The number of Topliss-reactive ketones (excluding diaryl/α,β-unsaturated/α-hetero) is 2. The topological polar surface area (TPSA) is 37.4 Å². The first-order chi connectivity index (χ1) is 14.5. The molecule has 0 amide bonds. The molecule has 1 aliphatic heterocycles. The van der Waals surface area contributed by atoms with Gasteiger partial charge < -0.3 is 4.90 Å². The molecule has 0 N–H and O–H groups in total. The number of ketones is 2. The van der Waals surface area contributed by atoms with E-state index in [0.29, 0.717) is 12.5 Å². The fourth-order valence-electron chi connectivity index (χ4n) is 5.65. The maximum atomic E-state index is 13.7. The molecule has 3 nitrogen and oxygen atoms in total. The molecule has 1 atom stereocenters. The molecular formula is C27H25NO2. The summed E-state index contributed by atoms with van der Waals surface area (Å²) in [5, 5.41) is 0. The highest BCUT2D eigenvalue weighted by Gasteiger charge is 2.51. The van der Waals surface area contributed by atoms with Gasteiger partial charge in [0.2, 0.25) is 0 Å². The van der Waals surface area contributed by atoms with Crippen molar-refractivity contribution in [1.29, 1.82) is 0 Å². The van der Waals surface area contributed by atoms with Gasteiger partial charge in [-0.15, -0.1) is 0 Å². The molecule has 1 heterocycles. The number of allylic oxidation sites excluding steroid dienone is 3. The number of benzene rings is 2. The molecule has 0 bridgehead atoms. The third-order valence-electron chi connectivity index (χ3n) is 6.98. The minimum atomic E-state index is -0.269. The molecule has 30 heavy (non-hydrogen) atoms. The van der Waals surface area contributed by atoms with Crippen molar-refractivity contribution in [3.05, 3.63) is 88.1 Å². The van der Waals surface area contributed by atoms with Crippen LogP contribution in [0.2, 0.25) is 0 Å². The Morgan fingerprint density at radius 3 is 2.20 bits per heavy atom. The molecule has 0 aromatic heterocycles. The van der Waals surface area contributed by atoms with Gasteiger partial charge in [-0.3, -0.25) is 9.59 Å². The number of carbonyl (C=O) groups excluding carboxylic acids is 2. The van der Waals surface area contributed by atoms with E-state index in [9.17, 15) is 9.59 Å². The Hall–Kier alpha value is -2.94. The van der Waals surface area contributed by atoms with Gasteiger partial charge in [-0.1, -0.05) is 68.4 Å². The van der Waals surface area contributed by atoms with Crippen LogP contribution in [0, 0.1) is 5.41 Å². The zero-order valence-electron chi connectivity index (χ0n) is 17.4. The van der Waals surface area contributed by atoms with E-state index in [1.807, 2.05) is 36.4 Å². The Bertz CT molecular complexity index is 1160. The Kier molecular flexibility index (Phi) is 3.60. The van der Waals surface area contributed by atoms with Crippen LogP contribution in [0.5, 0.6) is 0 Å². The van der Waals surface area contributed by atoms with Gasteiger partial charge in [0.05, 0.1) is 5.70 Å². The first-order valence-corrected chi connectivity index (χ1v) is 10.9. The van der Waals surface area contributed by atoms with E-state index in [1.165, 1.54) is 0 Å². The molecule has 3 heteroatoms. The highest BCUT2D eigenvalue weighted by molar-refractivity contribution is 6.23. The number of fused-ring (bicyclic) bond motifs is 2. The van der Waals surface area contributed by atoms with Crippen molar-refractivity contribution in [2.45, 2.75) is 51.5 Å². The van der Waals surface area contributed by atoms with Gasteiger partial charge in [-0.2, -0.15) is 0 Å². The van der Waals surface area contributed by atoms with Crippen molar-refractivity contribution in [1.82, 2.24) is 4.90 Å². The van der Waals surface area contributed by atoms with E-state index in [2.05, 4.69) is 36.9 Å². The molecule has 6 rings (SSSR count). The van der Waals surface area contributed by atoms with Crippen LogP contribution in [0.25, 0.3) is 5.70 Å². The maximum Gasteiger partial charge on any atom is 0.192 e. The second kappa shape index (κ2) is 6.04. The second-order valence-electron chi connectivity index (χ2n) is 9.88. The highest BCUT2D eigenvalue weighted by Crippen LogP contribution is 2.57. The lowest BCUT2D eigenvalue weighted by Gasteiger charge is -2.45. The smallest absolute Gasteiger partial charge is 0.192 e. The SMILES string of the molecule is CC1(C)CC(=O)C2=C(C1)N(C1CC1)C1=C(C(=O)c3ccccc31)C2c1ccccc1. The monoisotopic (exact) mass is 395 g/mol. The lowest BCUT2D eigenvalue weighted by molar-refractivity contribution is -0.118. The van der Waals surface area contributed by atoms with Crippen LogP contribution >= 0.6 is 0 Å². The van der Waals surface area contributed by atoms with Crippen molar-refractivity contribution < 1.29 is 9.59 Å². The normalized spacial score (nSPS) is 24.7. The quantitative estimate of drug-likeness (QED) is 0.674. The summed E-state index contributed by atoms with van der Waals surface area (Å²) in [5.74, 6) is 0.0232. The fourth-order valence-corrected chi connectivity index (χ4v) is 5.65. The van der Waals surface area contributed by atoms with Crippen LogP contribution in [-0.4, -0.2) is 22.5 Å². The molecule has 4 aliphatic rings. The summed E-state index contributed by atoms with van der Waals surface area (Å²) in [7, 11) is 0. The van der Waals surface area contributed by atoms with Crippen LogP contribution < -0.4 is 0 Å². The first kappa shape index (κ1) is 17.9. The predicted molar refractivity (Wildman–Crippen MR) is 117 cm³/mol. The van der Waals surface area contributed by atoms with Crippen LogP contribution in [0.3, 0.4) is 0 Å². The Balaban J connectivity index is 1.66. The van der Waals surface area contributed by atoms with Crippen LogP contribution in [0.4, 0.5) is 0 Å². The van der Waals surface area contributed by atoms with Gasteiger partial charge in [-0.05, 0) is 30.2 Å². The lowest BCUT2D eigenvalue weighted by atomic mass is 9.68. The lowest BCUT2D eigenvalue weighted by Crippen LogP contribution is -2.40. The third-order valence-corrected chi connectivity index (χ3v) is 6.98. The number of hydrogen-bond acceptors (Lipinski definition) is 3. The molecule has 1 saturated carbocycles. The van der Waals surface area contributed by atoms with E-state index >= 15 is 0 Å². The van der Waals surface area contributed by atoms with Crippen LogP contribution in [0.1, 0.15) is 66.9 Å². The van der Waals surface area contributed by atoms with Crippen molar-refractivity contribution in [2.75, 3.05) is 0 Å². The molecule has 0 saturated heterocycles. The summed E-state index contributed by atoms with van der Waals surface area (Å²) in [6.07, 6.45) is 3.65. The summed E-state index contributed by atoms with van der Waals surface area (Å²) in [6.45, 7) is 4.38. The van der Waals surface area contributed by atoms with E-state index in [-0.39, 0.29) is 22.9 Å². The molecule has 150 valence electrons. The largest absolute Gasteiger partial charge is 0.341 e. The maximum absolute atomic E-state index is 13.7. The van der Waals surface area contributed by atoms with Gasteiger partial charge in [0, 0.05) is 46.4 Å². The van der Waals surface area contributed by atoms with E-state index < -0.39 is 0 Å². The third kappa shape index (κ3) is 2.44. The van der Waals surface area contributed by atoms with Crippen molar-refractivity contribution in [3.63, 3.8) is 0 Å². The fraction of sp³-hybridized carbons (Fsp3) is 0.333. The average molecular weight is 396 g/mol. The number of nitrogens with zero attached hydrogens (tertiary/aromatic N) is 1. The van der Waals surface area contributed by atoms with Crippen LogP contribution in [0.15, 0.2) is 71.4 Å². The zero-order valence-corrected chi connectivity index (χ0v) is 17.4. The van der Waals surface area contributed by atoms with E-state index in [0.717, 1.165) is 58.5 Å². The van der Waals surface area contributed by atoms with Gasteiger partial charge in [0.1, 0.15) is 0 Å². The Morgan fingerprint density at radius 2 is 1.50 bits per heavy atom. The minimum Gasteiger partial charge on any atom is -0.341 e. The summed E-state index contributed by atoms with van der Waals surface area (Å²) in [4.78, 5) is 29.7. The van der Waals surface area contributed by atoms with E-state index in [1.54, 1.807) is 0 Å². The number of rotatable bonds is 2. The predicted octanol–water partition coefficient (Wildman–Crippen LogP) is 5.50.